The summed E-state index contributed by atoms with van der Waals surface area (Å²) in [7, 11) is 1.58. The number of methoxy groups -OCH3 is 1. The molecule has 0 fully saturated rings. The summed E-state index contributed by atoms with van der Waals surface area (Å²) in [4.78, 5) is 12.1. The summed E-state index contributed by atoms with van der Waals surface area (Å²) in [5.74, 6) is -0.591. The molecular weight excluding hydrogens is 270 g/mol. The molecule has 2 N–H and O–H groups in total. The van der Waals surface area contributed by atoms with Crippen LogP contribution in [-0.4, -0.2) is 40.0 Å². The van der Waals surface area contributed by atoms with E-state index in [9.17, 15) is 9.90 Å². The number of para-hydroxylation sites is 1. The molecule has 0 aliphatic heterocycles. The van der Waals surface area contributed by atoms with Crippen molar-refractivity contribution in [3.63, 3.8) is 0 Å². The van der Waals surface area contributed by atoms with Crippen LogP contribution in [0.1, 0.15) is 24.3 Å². The van der Waals surface area contributed by atoms with Gasteiger partial charge in [0.15, 0.2) is 11.4 Å². The summed E-state index contributed by atoms with van der Waals surface area (Å²) >= 11 is 0. The summed E-state index contributed by atoms with van der Waals surface area (Å²) in [5.41, 5.74) is 0.763. The highest BCUT2D eigenvalue weighted by atomic mass is 16.5. The lowest BCUT2D eigenvalue weighted by molar-refractivity contribution is 0.0730. The third kappa shape index (κ3) is 3.41. The highest BCUT2D eigenvalue weighted by Gasteiger charge is 2.21. The Labute approximate surface area is 123 Å². The fraction of sp³-hybridized carbons (Fsp3) is 0.333. The first kappa shape index (κ1) is 15.1. The van der Waals surface area contributed by atoms with Crippen molar-refractivity contribution in [2.45, 2.75) is 26.0 Å². The van der Waals surface area contributed by atoms with E-state index >= 15 is 0 Å². The lowest BCUT2D eigenvalue weighted by Crippen LogP contribution is -2.40. The van der Waals surface area contributed by atoms with Crippen molar-refractivity contribution in [3.05, 3.63) is 42.2 Å². The van der Waals surface area contributed by atoms with E-state index in [0.29, 0.717) is 0 Å². The van der Waals surface area contributed by atoms with Gasteiger partial charge in [-0.05, 0) is 26.0 Å². The quantitative estimate of drug-likeness (QED) is 0.879. The maximum Gasteiger partial charge on any atom is 0.275 e. The summed E-state index contributed by atoms with van der Waals surface area (Å²) in [6.07, 6.45) is 1.28. The normalized spacial score (nSPS) is 13.7. The first-order valence-corrected chi connectivity index (χ1v) is 6.70. The van der Waals surface area contributed by atoms with Gasteiger partial charge in [-0.15, -0.1) is 0 Å². The number of aromatic hydroxyl groups is 1. The molecule has 2 rings (SSSR count). The standard InChI is InChI=1S/C15H19N3O3/c1-10(11(2)21-3)16-15(20)14-13(19)9-18(17-14)12-7-5-4-6-8-12/h4-11,19H,1-3H3,(H,16,20)/t10-,11-/m0/s1. The maximum absolute atomic E-state index is 12.1. The van der Waals surface area contributed by atoms with Gasteiger partial charge in [-0.25, -0.2) is 4.68 Å². The Morgan fingerprint density at radius 1 is 1.33 bits per heavy atom. The number of hydrogen-bond acceptors (Lipinski definition) is 4. The van der Waals surface area contributed by atoms with Crippen LogP contribution in [0.3, 0.4) is 0 Å². The summed E-state index contributed by atoms with van der Waals surface area (Å²) in [5, 5.41) is 16.8. The SMILES string of the molecule is CO[C@@H](C)[C@H](C)NC(=O)c1nn(-c2ccccc2)cc1O. The molecule has 6 nitrogen and oxygen atoms in total. The van der Waals surface area contributed by atoms with Crippen LogP contribution in [0.2, 0.25) is 0 Å². The van der Waals surface area contributed by atoms with Crippen molar-refractivity contribution < 1.29 is 14.6 Å². The zero-order valence-electron chi connectivity index (χ0n) is 12.3. The van der Waals surface area contributed by atoms with Gasteiger partial charge < -0.3 is 15.2 Å². The minimum absolute atomic E-state index is 0.00555. The largest absolute Gasteiger partial charge is 0.504 e. The Bertz CT molecular complexity index is 610. The fourth-order valence-electron chi connectivity index (χ4n) is 1.84. The second-order valence-electron chi connectivity index (χ2n) is 4.85. The Balaban J connectivity index is 2.18. The van der Waals surface area contributed by atoms with Gasteiger partial charge in [-0.2, -0.15) is 5.10 Å². The Kier molecular flexibility index (Phi) is 4.59. The fourth-order valence-corrected chi connectivity index (χ4v) is 1.84. The molecule has 0 saturated heterocycles. The zero-order chi connectivity index (χ0) is 15.4. The molecule has 1 aromatic heterocycles. The van der Waals surface area contributed by atoms with E-state index in [0.717, 1.165) is 5.69 Å². The smallest absolute Gasteiger partial charge is 0.275 e. The number of ether oxygens (including phenoxy) is 1. The van der Waals surface area contributed by atoms with Crippen molar-refractivity contribution in [1.29, 1.82) is 0 Å². The number of amides is 1. The Morgan fingerprint density at radius 2 is 2.00 bits per heavy atom. The van der Waals surface area contributed by atoms with Crippen LogP contribution in [-0.2, 0) is 4.74 Å². The van der Waals surface area contributed by atoms with Crippen LogP contribution < -0.4 is 5.32 Å². The predicted octanol–water partition coefficient (Wildman–Crippen LogP) is 1.73. The molecule has 6 heteroatoms. The molecule has 1 aromatic carbocycles. The van der Waals surface area contributed by atoms with Crippen molar-refractivity contribution in [2.75, 3.05) is 7.11 Å². The lowest BCUT2D eigenvalue weighted by Gasteiger charge is -2.19. The average Bonchev–Trinajstić information content (AvgIpc) is 2.89. The van der Waals surface area contributed by atoms with Gasteiger partial charge >= 0.3 is 0 Å². The van der Waals surface area contributed by atoms with Gasteiger partial charge in [0, 0.05) is 7.11 Å². The van der Waals surface area contributed by atoms with Crippen LogP contribution in [0, 0.1) is 0 Å². The van der Waals surface area contributed by atoms with E-state index in [4.69, 9.17) is 4.74 Å². The molecule has 0 spiro atoms. The highest BCUT2D eigenvalue weighted by molar-refractivity contribution is 5.95. The first-order valence-electron chi connectivity index (χ1n) is 6.70. The van der Waals surface area contributed by atoms with E-state index in [2.05, 4.69) is 10.4 Å². The van der Waals surface area contributed by atoms with Crippen LogP contribution in [0.15, 0.2) is 36.5 Å². The Hall–Kier alpha value is -2.34. The number of nitrogens with zero attached hydrogens (tertiary/aromatic N) is 2. The molecule has 21 heavy (non-hydrogen) atoms. The van der Waals surface area contributed by atoms with Gasteiger partial charge in [0.1, 0.15) is 0 Å². The predicted molar refractivity (Wildman–Crippen MR) is 78.6 cm³/mol. The number of carbonyl (C=O) groups excluding carboxylic acids is 1. The third-order valence-electron chi connectivity index (χ3n) is 3.37. The molecular formula is C15H19N3O3. The average molecular weight is 289 g/mol. The number of nitrogens with one attached hydrogen (secondary N) is 1. The van der Waals surface area contributed by atoms with E-state index in [-0.39, 0.29) is 23.6 Å². The van der Waals surface area contributed by atoms with Crippen molar-refractivity contribution >= 4 is 5.91 Å². The number of benzene rings is 1. The van der Waals surface area contributed by atoms with Crippen molar-refractivity contribution in [2.24, 2.45) is 0 Å². The number of hydrogen-bond donors (Lipinski definition) is 2. The van der Waals surface area contributed by atoms with E-state index in [1.54, 1.807) is 7.11 Å². The molecule has 0 aliphatic carbocycles. The molecule has 0 aliphatic rings. The van der Waals surface area contributed by atoms with E-state index < -0.39 is 5.91 Å². The molecule has 2 atom stereocenters. The minimum atomic E-state index is -0.432. The van der Waals surface area contributed by atoms with Crippen LogP contribution in [0.4, 0.5) is 0 Å². The van der Waals surface area contributed by atoms with Crippen LogP contribution >= 0.6 is 0 Å². The monoisotopic (exact) mass is 289 g/mol. The molecule has 2 aromatic rings. The molecule has 0 radical (unpaired) electrons. The number of carbonyl (C=O) groups is 1. The first-order chi connectivity index (χ1) is 10.0. The van der Waals surface area contributed by atoms with Crippen molar-refractivity contribution in [1.82, 2.24) is 15.1 Å². The lowest BCUT2D eigenvalue weighted by atomic mass is 10.2. The van der Waals surface area contributed by atoms with E-state index in [1.807, 2.05) is 44.2 Å². The van der Waals surface area contributed by atoms with Gasteiger partial charge in [-0.3, -0.25) is 4.79 Å². The van der Waals surface area contributed by atoms with Gasteiger partial charge in [0.05, 0.1) is 24.0 Å². The summed E-state index contributed by atoms with van der Waals surface area (Å²) in [6, 6.07) is 9.08. The summed E-state index contributed by atoms with van der Waals surface area (Å²) < 4.78 is 6.62. The molecule has 1 amide bonds. The molecule has 0 saturated carbocycles. The number of rotatable bonds is 5. The minimum Gasteiger partial charge on any atom is -0.504 e. The second kappa shape index (κ2) is 6.41. The molecule has 0 unspecified atom stereocenters. The Morgan fingerprint density at radius 3 is 2.62 bits per heavy atom. The summed E-state index contributed by atoms with van der Waals surface area (Å²) in [6.45, 7) is 3.69. The van der Waals surface area contributed by atoms with Gasteiger partial charge in [0.25, 0.3) is 5.91 Å². The highest BCUT2D eigenvalue weighted by Crippen LogP contribution is 2.18. The van der Waals surface area contributed by atoms with Crippen LogP contribution in [0.5, 0.6) is 5.75 Å². The van der Waals surface area contributed by atoms with Gasteiger partial charge in [0.2, 0.25) is 0 Å². The maximum atomic E-state index is 12.1. The van der Waals surface area contributed by atoms with E-state index in [1.165, 1.54) is 10.9 Å². The van der Waals surface area contributed by atoms with Crippen LogP contribution in [0.25, 0.3) is 5.69 Å². The molecule has 112 valence electrons. The molecule has 1 heterocycles. The number of aromatic nitrogens is 2. The third-order valence-corrected chi connectivity index (χ3v) is 3.37. The zero-order valence-corrected chi connectivity index (χ0v) is 12.3. The topological polar surface area (TPSA) is 76.4 Å². The van der Waals surface area contributed by atoms with Crippen molar-refractivity contribution in [3.8, 4) is 11.4 Å². The molecule has 0 bridgehead atoms. The second-order valence-corrected chi connectivity index (χ2v) is 4.85. The van der Waals surface area contributed by atoms with Gasteiger partial charge in [-0.1, -0.05) is 18.2 Å².